The van der Waals surface area contributed by atoms with Crippen LogP contribution in [0.15, 0.2) is 51.4 Å². The third-order valence-corrected chi connectivity index (χ3v) is 3.58. The Bertz CT molecular complexity index is 579. The van der Waals surface area contributed by atoms with Crippen LogP contribution in [0.25, 0.3) is 10.8 Å². The second-order valence-corrected chi connectivity index (χ2v) is 5.70. The van der Waals surface area contributed by atoms with Crippen LogP contribution in [0, 0.1) is 13.0 Å². The number of rotatable bonds is 0. The molecule has 0 atom stereocenters. The molecule has 0 saturated carbocycles. The molecule has 0 unspecified atom stereocenters. The summed E-state index contributed by atoms with van der Waals surface area (Å²) in [4.78, 5) is 0. The van der Waals surface area contributed by atoms with Gasteiger partial charge < -0.3 is 24.8 Å². The van der Waals surface area contributed by atoms with Crippen LogP contribution < -0.4 is 24.8 Å². The van der Waals surface area contributed by atoms with Crippen LogP contribution in [0.4, 0.5) is 0 Å². The van der Waals surface area contributed by atoms with E-state index in [1.165, 1.54) is 16.3 Å². The summed E-state index contributed by atoms with van der Waals surface area (Å²) in [5, 5.41) is 2.57. The molecule has 3 rings (SSSR count). The van der Waals surface area contributed by atoms with Gasteiger partial charge in [0.05, 0.1) is 0 Å². The summed E-state index contributed by atoms with van der Waals surface area (Å²) in [6, 6.07) is 8.57. The zero-order chi connectivity index (χ0) is 12.3. The molecule has 0 nitrogen and oxygen atoms in total. The first kappa shape index (κ1) is 23.0. The number of halogens is 4. The van der Waals surface area contributed by atoms with Crippen LogP contribution in [0.2, 0.25) is 0 Å². The Hall–Kier alpha value is 0.733. The number of benzene rings is 1. The van der Waals surface area contributed by atoms with Crippen molar-refractivity contribution < 1.29 is 51.0 Å². The average Bonchev–Trinajstić information content (AvgIpc) is 2.88. The molecule has 20 heavy (non-hydrogen) atoms. The van der Waals surface area contributed by atoms with Crippen LogP contribution in [0.5, 0.6) is 0 Å². The van der Waals surface area contributed by atoms with Crippen molar-refractivity contribution in [3.05, 3.63) is 63.1 Å². The molecule has 5 heteroatoms. The van der Waals surface area contributed by atoms with E-state index in [1.54, 1.807) is 0 Å². The van der Waals surface area contributed by atoms with Crippen molar-refractivity contribution >= 4 is 42.6 Å². The van der Waals surface area contributed by atoms with Gasteiger partial charge in [-0.25, -0.2) is 12.2 Å². The predicted molar refractivity (Wildman–Crippen MR) is 81.2 cm³/mol. The molecule has 0 aliphatic heterocycles. The minimum Gasteiger partial charge on any atom is -1.00 e. The number of hydrogen-bond acceptors (Lipinski definition) is 0. The Balaban J connectivity index is 0. The van der Waals surface area contributed by atoms with Gasteiger partial charge in [0.15, 0.2) is 0 Å². The number of fused-ring (bicyclic) bond motifs is 1. The Labute approximate surface area is 168 Å². The topological polar surface area (TPSA) is 0 Å². The van der Waals surface area contributed by atoms with Gasteiger partial charge in [-0.2, -0.15) is 12.1 Å². The largest absolute Gasteiger partial charge is 4.00 e. The fraction of sp³-hybridized carbons (Fsp3) is 0.133. The van der Waals surface area contributed by atoms with E-state index in [1.807, 2.05) is 12.2 Å². The molecule has 104 valence electrons. The molecular formula is C15H12Br2Cl2Zr. The summed E-state index contributed by atoms with van der Waals surface area (Å²) in [6.45, 7) is 2.11. The molecule has 2 aromatic rings. The fourth-order valence-electron chi connectivity index (χ4n) is 1.73. The van der Waals surface area contributed by atoms with Gasteiger partial charge >= 0.3 is 26.2 Å². The third-order valence-electron chi connectivity index (χ3n) is 2.47. The van der Waals surface area contributed by atoms with Crippen molar-refractivity contribution in [2.45, 2.75) is 13.3 Å². The standard InChI is InChI=1S/C10H7Br2.C5H5.2ClH.Zr/c1-6-2-7-4-8(11)5-10(12)9(7)3-6;1-2-4-5-3-1;;;/h2-5H,1H3;1-3H,4H2;2*1H;/q2*-1;;;+4/p-2. The van der Waals surface area contributed by atoms with Crippen LogP contribution in [0.1, 0.15) is 12.0 Å². The summed E-state index contributed by atoms with van der Waals surface area (Å²) in [5.74, 6) is 0. The van der Waals surface area contributed by atoms with Gasteiger partial charge in [-0.15, -0.1) is 34.9 Å². The Kier molecular flexibility index (Phi) is 13.0. The maximum Gasteiger partial charge on any atom is 4.00 e. The molecule has 0 bridgehead atoms. The number of aryl methyl sites for hydroxylation is 1. The van der Waals surface area contributed by atoms with Gasteiger partial charge in [-0.3, -0.25) is 6.08 Å². The second-order valence-electron chi connectivity index (χ2n) is 3.93. The van der Waals surface area contributed by atoms with E-state index in [9.17, 15) is 0 Å². The minimum absolute atomic E-state index is 0. The maximum absolute atomic E-state index is 3.53. The van der Waals surface area contributed by atoms with E-state index >= 15 is 0 Å². The van der Waals surface area contributed by atoms with Gasteiger partial charge in [-0.05, 0) is 8.95 Å². The van der Waals surface area contributed by atoms with Crippen LogP contribution >= 0.6 is 31.9 Å². The summed E-state index contributed by atoms with van der Waals surface area (Å²) in [7, 11) is 0. The van der Waals surface area contributed by atoms with Gasteiger partial charge in [0.1, 0.15) is 0 Å². The molecule has 0 radical (unpaired) electrons. The first-order chi connectivity index (χ1) is 8.16. The summed E-state index contributed by atoms with van der Waals surface area (Å²) < 4.78 is 2.27. The molecule has 2 aromatic carbocycles. The van der Waals surface area contributed by atoms with Gasteiger partial charge in [-0.1, -0.05) is 44.8 Å². The summed E-state index contributed by atoms with van der Waals surface area (Å²) in [5.41, 5.74) is 1.31. The molecule has 1 aliphatic carbocycles. The normalized spacial score (nSPS) is 10.9. The zero-order valence-corrected chi connectivity index (χ0v) is 17.9. The van der Waals surface area contributed by atoms with E-state index in [0.29, 0.717) is 0 Å². The zero-order valence-electron chi connectivity index (χ0n) is 10.8. The van der Waals surface area contributed by atoms with Crippen molar-refractivity contribution in [2.75, 3.05) is 0 Å². The van der Waals surface area contributed by atoms with Crippen molar-refractivity contribution in [1.29, 1.82) is 0 Å². The third kappa shape index (κ3) is 6.66. The minimum atomic E-state index is 0. The molecular weight excluding hydrogens is 502 g/mol. The molecule has 0 N–H and O–H groups in total. The number of allylic oxidation sites excluding steroid dienone is 4. The molecule has 0 heterocycles. The van der Waals surface area contributed by atoms with Crippen LogP contribution in [0.3, 0.4) is 0 Å². The van der Waals surface area contributed by atoms with Crippen molar-refractivity contribution in [2.24, 2.45) is 0 Å². The molecule has 0 amide bonds. The molecule has 0 spiro atoms. The molecule has 0 fully saturated rings. The quantitative estimate of drug-likeness (QED) is 0.425. The van der Waals surface area contributed by atoms with Gasteiger partial charge in [0.25, 0.3) is 0 Å². The van der Waals surface area contributed by atoms with E-state index in [-0.39, 0.29) is 51.0 Å². The van der Waals surface area contributed by atoms with E-state index < -0.39 is 0 Å². The Morgan fingerprint density at radius 1 is 1.15 bits per heavy atom. The van der Waals surface area contributed by atoms with Gasteiger partial charge in [0, 0.05) is 0 Å². The Morgan fingerprint density at radius 3 is 2.35 bits per heavy atom. The van der Waals surface area contributed by atoms with Crippen molar-refractivity contribution in [3.8, 4) is 0 Å². The van der Waals surface area contributed by atoms with Crippen LogP contribution in [-0.4, -0.2) is 0 Å². The predicted octanol–water partition coefficient (Wildman–Crippen LogP) is -0.297. The maximum atomic E-state index is 3.53. The van der Waals surface area contributed by atoms with E-state index in [0.717, 1.165) is 15.4 Å². The summed E-state index contributed by atoms with van der Waals surface area (Å²) >= 11 is 6.99. The first-order valence-corrected chi connectivity index (χ1v) is 6.99. The molecule has 0 aromatic heterocycles. The van der Waals surface area contributed by atoms with Crippen molar-refractivity contribution in [1.82, 2.24) is 0 Å². The monoisotopic (exact) mass is 510 g/mol. The second kappa shape index (κ2) is 11.3. The van der Waals surface area contributed by atoms with Crippen LogP contribution in [-0.2, 0) is 26.2 Å². The fourth-order valence-corrected chi connectivity index (χ4v) is 3.10. The smallest absolute Gasteiger partial charge is 1.00 e. The number of hydrogen-bond donors (Lipinski definition) is 0. The Morgan fingerprint density at radius 2 is 1.85 bits per heavy atom. The summed E-state index contributed by atoms with van der Waals surface area (Å²) in [6.07, 6.45) is 10.0. The van der Waals surface area contributed by atoms with E-state index in [4.69, 9.17) is 0 Å². The molecule has 0 saturated heterocycles. The van der Waals surface area contributed by atoms with E-state index in [2.05, 4.69) is 75.2 Å². The first-order valence-electron chi connectivity index (χ1n) is 5.40. The molecule has 1 aliphatic rings. The van der Waals surface area contributed by atoms with Gasteiger partial charge in [0.2, 0.25) is 0 Å². The average molecular weight is 514 g/mol. The van der Waals surface area contributed by atoms with Crippen molar-refractivity contribution in [3.63, 3.8) is 0 Å². The SMILES string of the molecule is Cc1cc2c(Br)cc(Br)cc2[cH-]1.[C-]1=CC=CC1.[Cl-].[Cl-].[Zr+4].